The monoisotopic (exact) mass is 530 g/mol. The molecule has 5 heteroatoms. The summed E-state index contributed by atoms with van der Waals surface area (Å²) in [6.45, 7) is 2.22. The van der Waals surface area contributed by atoms with Gasteiger partial charge in [-0.25, -0.2) is 17.6 Å². The second kappa shape index (κ2) is 13.0. The smallest absolute Gasteiger partial charge is 0.145 e. The SMILES string of the molecule is CCCCc1ccc(C2CCC(CCc3cc(F)c(CCc4cc(F)c(Cl)c(F)c4)c(F)c3)CC2)cc1. The van der Waals surface area contributed by atoms with Crippen molar-refractivity contribution in [2.45, 2.75) is 83.5 Å². The summed E-state index contributed by atoms with van der Waals surface area (Å²) in [6.07, 6.45) is 9.88. The fourth-order valence-electron chi connectivity index (χ4n) is 5.55. The van der Waals surface area contributed by atoms with Crippen molar-refractivity contribution in [2.24, 2.45) is 5.92 Å². The molecule has 0 atom stereocenters. The summed E-state index contributed by atoms with van der Waals surface area (Å²) in [7, 11) is 0. The van der Waals surface area contributed by atoms with Crippen LogP contribution in [0.15, 0.2) is 48.5 Å². The van der Waals surface area contributed by atoms with Gasteiger partial charge in [-0.2, -0.15) is 0 Å². The summed E-state index contributed by atoms with van der Waals surface area (Å²) in [5, 5.41) is -0.574. The zero-order valence-corrected chi connectivity index (χ0v) is 22.2. The Morgan fingerprint density at radius 1 is 0.676 bits per heavy atom. The van der Waals surface area contributed by atoms with Gasteiger partial charge in [0.15, 0.2) is 0 Å². The van der Waals surface area contributed by atoms with Crippen molar-refractivity contribution < 1.29 is 17.6 Å². The molecule has 3 aromatic rings. The molecule has 3 aromatic carbocycles. The molecule has 1 aliphatic carbocycles. The highest BCUT2D eigenvalue weighted by Crippen LogP contribution is 2.37. The van der Waals surface area contributed by atoms with Crippen LogP contribution in [0.1, 0.15) is 85.6 Å². The van der Waals surface area contributed by atoms with Crippen LogP contribution in [0.4, 0.5) is 17.6 Å². The number of hydrogen-bond donors (Lipinski definition) is 0. The third-order valence-electron chi connectivity index (χ3n) is 7.87. The van der Waals surface area contributed by atoms with E-state index in [1.807, 2.05) is 0 Å². The lowest BCUT2D eigenvalue weighted by molar-refractivity contribution is 0.310. The van der Waals surface area contributed by atoms with Crippen molar-refractivity contribution in [3.63, 3.8) is 0 Å². The van der Waals surface area contributed by atoms with E-state index in [1.54, 1.807) is 0 Å². The first-order valence-electron chi connectivity index (χ1n) is 13.5. The molecule has 4 rings (SSSR count). The van der Waals surface area contributed by atoms with Gasteiger partial charge in [0.2, 0.25) is 0 Å². The molecule has 0 heterocycles. The van der Waals surface area contributed by atoms with Crippen LogP contribution in [-0.2, 0) is 25.7 Å². The molecule has 1 saturated carbocycles. The van der Waals surface area contributed by atoms with E-state index in [9.17, 15) is 17.6 Å². The maximum Gasteiger partial charge on any atom is 0.145 e. The van der Waals surface area contributed by atoms with Gasteiger partial charge in [-0.05, 0) is 123 Å². The average Bonchev–Trinajstić information content (AvgIpc) is 2.89. The van der Waals surface area contributed by atoms with Crippen LogP contribution in [0.25, 0.3) is 0 Å². The molecule has 1 aliphatic rings. The molecule has 0 spiro atoms. The lowest BCUT2D eigenvalue weighted by Gasteiger charge is -2.29. The molecule has 198 valence electrons. The van der Waals surface area contributed by atoms with Crippen molar-refractivity contribution in [3.8, 4) is 0 Å². The minimum absolute atomic E-state index is 0.0159. The molecule has 0 amide bonds. The third-order valence-corrected chi connectivity index (χ3v) is 8.23. The van der Waals surface area contributed by atoms with Gasteiger partial charge >= 0.3 is 0 Å². The second-order valence-corrected chi connectivity index (χ2v) is 10.9. The highest BCUT2D eigenvalue weighted by molar-refractivity contribution is 6.30. The van der Waals surface area contributed by atoms with Gasteiger partial charge in [0.05, 0.1) is 0 Å². The molecule has 0 radical (unpaired) electrons. The van der Waals surface area contributed by atoms with Crippen molar-refractivity contribution >= 4 is 11.6 Å². The molecule has 0 aromatic heterocycles. The van der Waals surface area contributed by atoms with Gasteiger partial charge in [0.1, 0.15) is 28.3 Å². The average molecular weight is 531 g/mol. The van der Waals surface area contributed by atoms with Crippen LogP contribution in [0, 0.1) is 29.2 Å². The number of unbranched alkanes of at least 4 members (excludes halogenated alkanes) is 1. The van der Waals surface area contributed by atoms with E-state index in [-0.39, 0.29) is 18.4 Å². The number of benzene rings is 3. The molecule has 0 nitrogen and oxygen atoms in total. The van der Waals surface area contributed by atoms with Crippen molar-refractivity contribution in [1.29, 1.82) is 0 Å². The van der Waals surface area contributed by atoms with Crippen LogP contribution in [0.2, 0.25) is 5.02 Å². The van der Waals surface area contributed by atoms with Crippen LogP contribution < -0.4 is 0 Å². The fourth-order valence-corrected chi connectivity index (χ4v) is 5.66. The van der Waals surface area contributed by atoms with E-state index in [0.29, 0.717) is 29.4 Å². The third kappa shape index (κ3) is 7.37. The van der Waals surface area contributed by atoms with Crippen LogP contribution in [0.5, 0.6) is 0 Å². The summed E-state index contributed by atoms with van der Waals surface area (Å²) < 4.78 is 56.8. The van der Waals surface area contributed by atoms with Crippen LogP contribution in [-0.4, -0.2) is 0 Å². The van der Waals surface area contributed by atoms with Crippen LogP contribution in [0.3, 0.4) is 0 Å². The predicted molar refractivity (Wildman–Crippen MR) is 143 cm³/mol. The van der Waals surface area contributed by atoms with E-state index in [4.69, 9.17) is 11.6 Å². The van der Waals surface area contributed by atoms with E-state index >= 15 is 0 Å². The number of halogens is 5. The lowest BCUT2D eigenvalue weighted by Crippen LogP contribution is -2.14. The van der Waals surface area contributed by atoms with E-state index < -0.39 is 28.3 Å². The molecule has 0 aliphatic heterocycles. The lowest BCUT2D eigenvalue weighted by atomic mass is 9.76. The Morgan fingerprint density at radius 2 is 1.24 bits per heavy atom. The van der Waals surface area contributed by atoms with E-state index in [1.165, 1.54) is 36.1 Å². The summed E-state index contributed by atoms with van der Waals surface area (Å²) in [4.78, 5) is 0. The van der Waals surface area contributed by atoms with Crippen LogP contribution >= 0.6 is 11.6 Å². The molecule has 1 fully saturated rings. The predicted octanol–water partition coefficient (Wildman–Crippen LogP) is 9.93. The Bertz CT molecular complexity index is 1130. The molecule has 0 N–H and O–H groups in total. The van der Waals surface area contributed by atoms with Crippen molar-refractivity contribution in [1.82, 2.24) is 0 Å². The first-order chi connectivity index (χ1) is 17.8. The number of rotatable bonds is 10. The minimum atomic E-state index is -0.873. The zero-order chi connectivity index (χ0) is 26.4. The molecular weight excluding hydrogens is 496 g/mol. The van der Waals surface area contributed by atoms with Gasteiger partial charge in [-0.1, -0.05) is 49.2 Å². The van der Waals surface area contributed by atoms with Crippen molar-refractivity contribution in [3.05, 3.63) is 105 Å². The molecule has 37 heavy (non-hydrogen) atoms. The van der Waals surface area contributed by atoms with Gasteiger partial charge in [-0.3, -0.25) is 0 Å². The van der Waals surface area contributed by atoms with Gasteiger partial charge in [-0.15, -0.1) is 0 Å². The normalized spacial score (nSPS) is 17.8. The van der Waals surface area contributed by atoms with Gasteiger partial charge < -0.3 is 0 Å². The van der Waals surface area contributed by atoms with Gasteiger partial charge in [0, 0.05) is 5.56 Å². The fraction of sp³-hybridized carbons (Fsp3) is 0.438. The zero-order valence-electron chi connectivity index (χ0n) is 21.4. The first-order valence-corrected chi connectivity index (χ1v) is 13.9. The number of hydrogen-bond acceptors (Lipinski definition) is 0. The Hall–Kier alpha value is -2.33. The quantitative estimate of drug-likeness (QED) is 0.181. The summed E-state index contributed by atoms with van der Waals surface area (Å²) in [5.74, 6) is -1.77. The Balaban J connectivity index is 1.27. The Labute approximate surface area is 223 Å². The molecular formula is C32H35ClF4. The topological polar surface area (TPSA) is 0 Å². The highest BCUT2D eigenvalue weighted by atomic mass is 35.5. The summed E-state index contributed by atoms with van der Waals surface area (Å²) in [6, 6.07) is 14.2. The Morgan fingerprint density at radius 3 is 1.84 bits per heavy atom. The molecule has 0 unspecified atom stereocenters. The largest absolute Gasteiger partial charge is 0.207 e. The number of aryl methyl sites for hydroxylation is 3. The summed E-state index contributed by atoms with van der Waals surface area (Å²) in [5.41, 5.74) is 3.76. The van der Waals surface area contributed by atoms with E-state index in [0.717, 1.165) is 50.7 Å². The minimum Gasteiger partial charge on any atom is -0.207 e. The van der Waals surface area contributed by atoms with Crippen molar-refractivity contribution in [2.75, 3.05) is 0 Å². The summed E-state index contributed by atoms with van der Waals surface area (Å²) >= 11 is 5.50. The maximum atomic E-state index is 14.7. The molecule has 0 saturated heterocycles. The molecule has 0 bridgehead atoms. The van der Waals surface area contributed by atoms with Gasteiger partial charge in [0.25, 0.3) is 0 Å². The second-order valence-electron chi connectivity index (χ2n) is 10.5. The maximum absolute atomic E-state index is 14.7. The standard InChI is InChI=1S/C32H35ClF4/c1-2-3-4-21-7-12-25(13-8-21)26-14-9-22(10-15-26)5-6-23-17-28(34)27(29(35)18-23)16-11-24-19-30(36)32(33)31(37)20-24/h7-8,12-13,17-20,22,26H,2-6,9-11,14-16H2,1H3. The Kier molecular flexibility index (Phi) is 9.70. The first kappa shape index (κ1) is 27.7. The van der Waals surface area contributed by atoms with E-state index in [2.05, 4.69) is 31.2 Å². The highest BCUT2D eigenvalue weighted by Gasteiger charge is 2.23.